The van der Waals surface area contributed by atoms with Crippen LogP contribution in [-0.4, -0.2) is 51.8 Å². The molecule has 0 saturated carbocycles. The van der Waals surface area contributed by atoms with Crippen LogP contribution >= 0.6 is 11.3 Å². The lowest BCUT2D eigenvalue weighted by Gasteiger charge is -2.56. The minimum atomic E-state index is 0.0500. The van der Waals surface area contributed by atoms with Gasteiger partial charge in [0, 0.05) is 42.5 Å². The number of amides is 2. The molecule has 2 amide bonds. The lowest BCUT2D eigenvalue weighted by atomic mass is 9.71. The van der Waals surface area contributed by atoms with Gasteiger partial charge in [-0.05, 0) is 37.5 Å². The van der Waals surface area contributed by atoms with Gasteiger partial charge in [0.2, 0.25) is 5.91 Å². The number of benzene rings is 1. The number of rotatable bonds is 4. The Kier molecular flexibility index (Phi) is 5.35. The van der Waals surface area contributed by atoms with Gasteiger partial charge in [0.05, 0.1) is 0 Å². The molecule has 4 atom stereocenters. The smallest absolute Gasteiger partial charge is 0.273 e. The summed E-state index contributed by atoms with van der Waals surface area (Å²) in [6, 6.07) is 10.6. The quantitative estimate of drug-likeness (QED) is 0.730. The predicted molar refractivity (Wildman–Crippen MR) is 118 cm³/mol. The van der Waals surface area contributed by atoms with Crippen molar-refractivity contribution in [1.29, 1.82) is 0 Å². The molecular weight excluding hydrogens is 394 g/mol. The first-order valence-electron chi connectivity index (χ1n) is 11.3. The first-order chi connectivity index (χ1) is 14.7. The lowest BCUT2D eigenvalue weighted by molar-refractivity contribution is -0.152. The highest BCUT2D eigenvalue weighted by Gasteiger charge is 2.49. The van der Waals surface area contributed by atoms with Crippen LogP contribution in [0, 0.1) is 11.8 Å². The molecule has 3 aliphatic rings. The molecule has 3 saturated heterocycles. The van der Waals surface area contributed by atoms with Crippen molar-refractivity contribution in [2.75, 3.05) is 13.1 Å². The summed E-state index contributed by atoms with van der Waals surface area (Å²) >= 11 is 1.53. The van der Waals surface area contributed by atoms with Crippen molar-refractivity contribution in [3.05, 3.63) is 41.4 Å². The van der Waals surface area contributed by atoms with E-state index in [-0.39, 0.29) is 11.9 Å². The summed E-state index contributed by atoms with van der Waals surface area (Å²) in [7, 11) is 0. The van der Waals surface area contributed by atoms with E-state index < -0.39 is 0 Å². The van der Waals surface area contributed by atoms with Crippen LogP contribution in [0.15, 0.2) is 35.7 Å². The summed E-state index contributed by atoms with van der Waals surface area (Å²) in [5.74, 6) is 1.18. The van der Waals surface area contributed by atoms with Crippen LogP contribution < -0.4 is 0 Å². The first kappa shape index (κ1) is 19.7. The van der Waals surface area contributed by atoms with Crippen molar-refractivity contribution >= 4 is 23.2 Å². The van der Waals surface area contributed by atoms with Crippen LogP contribution in [0.2, 0.25) is 0 Å². The lowest BCUT2D eigenvalue weighted by Crippen LogP contribution is -2.65. The number of carbonyl (C=O) groups is 2. The second-order valence-electron chi connectivity index (χ2n) is 8.99. The molecule has 0 unspecified atom stereocenters. The minimum absolute atomic E-state index is 0.0500. The van der Waals surface area contributed by atoms with Gasteiger partial charge in [-0.3, -0.25) is 9.59 Å². The van der Waals surface area contributed by atoms with Gasteiger partial charge in [0.1, 0.15) is 10.7 Å². The second kappa shape index (κ2) is 8.14. The van der Waals surface area contributed by atoms with Gasteiger partial charge in [-0.15, -0.1) is 11.3 Å². The maximum Gasteiger partial charge on any atom is 0.273 e. The van der Waals surface area contributed by atoms with Crippen LogP contribution in [-0.2, 0) is 4.79 Å². The zero-order valence-corrected chi connectivity index (χ0v) is 18.3. The molecule has 0 N–H and O–H groups in total. The van der Waals surface area contributed by atoms with Crippen molar-refractivity contribution in [3.63, 3.8) is 0 Å². The molecule has 5 rings (SSSR count). The van der Waals surface area contributed by atoms with Gasteiger partial charge in [0.15, 0.2) is 0 Å². The number of thiazole rings is 1. The Hall–Kier alpha value is -2.21. The van der Waals surface area contributed by atoms with Crippen molar-refractivity contribution in [2.24, 2.45) is 11.8 Å². The highest BCUT2D eigenvalue weighted by Crippen LogP contribution is 2.43. The Bertz CT molecular complexity index is 928. The molecule has 3 aliphatic heterocycles. The molecule has 3 fully saturated rings. The van der Waals surface area contributed by atoms with Gasteiger partial charge in [-0.1, -0.05) is 43.7 Å². The Balaban J connectivity index is 1.37. The van der Waals surface area contributed by atoms with E-state index >= 15 is 0 Å². The predicted octanol–water partition coefficient (Wildman–Crippen LogP) is 4.45. The maximum atomic E-state index is 13.4. The number of fused-ring (bicyclic) bond motifs is 4. The van der Waals surface area contributed by atoms with Crippen molar-refractivity contribution in [2.45, 2.75) is 57.5 Å². The normalized spacial score (nSPS) is 28.4. The van der Waals surface area contributed by atoms with Gasteiger partial charge < -0.3 is 9.80 Å². The minimum Gasteiger partial charge on any atom is -0.337 e. The molecule has 4 heterocycles. The van der Waals surface area contributed by atoms with E-state index in [1.807, 2.05) is 40.6 Å². The Morgan fingerprint density at radius 3 is 2.80 bits per heavy atom. The fourth-order valence-corrected chi connectivity index (χ4v) is 6.66. The van der Waals surface area contributed by atoms with E-state index in [0.29, 0.717) is 35.9 Å². The molecular formula is C24H29N3O2S. The number of likely N-dealkylation sites (tertiary alicyclic amines) is 1. The third-order valence-corrected chi connectivity index (χ3v) is 8.00. The number of carbonyl (C=O) groups excluding carboxylic acids is 2. The fourth-order valence-electron chi connectivity index (χ4n) is 5.86. The van der Waals surface area contributed by atoms with E-state index in [2.05, 4.69) is 16.8 Å². The number of hydrogen-bond donors (Lipinski definition) is 0. The van der Waals surface area contributed by atoms with Crippen molar-refractivity contribution in [1.82, 2.24) is 14.8 Å². The summed E-state index contributed by atoms with van der Waals surface area (Å²) in [6.45, 7) is 3.69. The summed E-state index contributed by atoms with van der Waals surface area (Å²) in [5.41, 5.74) is 1.61. The number of piperidine rings is 3. The van der Waals surface area contributed by atoms with Gasteiger partial charge in [-0.25, -0.2) is 4.98 Å². The van der Waals surface area contributed by atoms with E-state index in [0.717, 1.165) is 55.8 Å². The molecule has 0 spiro atoms. The average Bonchev–Trinajstić information content (AvgIpc) is 3.27. The molecule has 6 heteroatoms. The monoisotopic (exact) mass is 423 g/mol. The van der Waals surface area contributed by atoms with E-state index in [9.17, 15) is 9.59 Å². The number of hydrogen-bond acceptors (Lipinski definition) is 4. The highest BCUT2D eigenvalue weighted by atomic mass is 32.1. The molecule has 5 nitrogen and oxygen atoms in total. The first-order valence-corrected chi connectivity index (χ1v) is 12.1. The van der Waals surface area contributed by atoms with Crippen LogP contribution in [0.1, 0.15) is 55.9 Å². The zero-order chi connectivity index (χ0) is 20.7. The Morgan fingerprint density at radius 2 is 2.00 bits per heavy atom. The van der Waals surface area contributed by atoms with Crippen LogP contribution in [0.5, 0.6) is 0 Å². The fraction of sp³-hybridized carbons (Fsp3) is 0.542. The van der Waals surface area contributed by atoms with Gasteiger partial charge in [-0.2, -0.15) is 0 Å². The third-order valence-electron chi connectivity index (χ3n) is 7.11. The molecule has 2 bridgehead atoms. The highest BCUT2D eigenvalue weighted by molar-refractivity contribution is 7.13. The molecule has 0 aliphatic carbocycles. The standard InChI is InChI=1S/C24H29N3O2S/c1-2-7-20-17-12-18(21-10-6-11-22(28)27(20)21)14-26(13-17)24(29)19-15-30-23(25-19)16-8-4-3-5-9-16/h3-5,8-9,15,17-18,20-21H,2,6-7,10-14H2,1H3/t17-,18+,20-,21-/m0/s1. The molecule has 158 valence electrons. The average molecular weight is 424 g/mol. The Morgan fingerprint density at radius 1 is 1.20 bits per heavy atom. The maximum absolute atomic E-state index is 13.4. The van der Waals surface area contributed by atoms with Gasteiger partial charge >= 0.3 is 0 Å². The molecule has 1 aromatic heterocycles. The van der Waals surface area contributed by atoms with Crippen molar-refractivity contribution in [3.8, 4) is 10.6 Å². The number of aromatic nitrogens is 1. The summed E-state index contributed by atoms with van der Waals surface area (Å²) in [6.07, 6.45) is 6.02. The van der Waals surface area contributed by atoms with Crippen LogP contribution in [0.25, 0.3) is 10.6 Å². The van der Waals surface area contributed by atoms with E-state index in [1.54, 1.807) is 0 Å². The van der Waals surface area contributed by atoms with Crippen molar-refractivity contribution < 1.29 is 9.59 Å². The second-order valence-corrected chi connectivity index (χ2v) is 9.84. The third kappa shape index (κ3) is 3.45. The van der Waals surface area contributed by atoms with E-state index in [4.69, 9.17) is 0 Å². The summed E-state index contributed by atoms with van der Waals surface area (Å²) in [5, 5.41) is 2.79. The van der Waals surface area contributed by atoms with Gasteiger partial charge in [0.25, 0.3) is 5.91 Å². The SMILES string of the molecule is CCC[C@H]1[C@H]2C[C@H](CN(C(=O)c3csc(-c4ccccc4)n3)C2)[C@@H]2CCCC(=O)N21. The zero-order valence-electron chi connectivity index (χ0n) is 17.5. The molecule has 2 aromatic rings. The Labute approximate surface area is 182 Å². The number of nitrogens with zero attached hydrogens (tertiary/aromatic N) is 3. The molecule has 0 radical (unpaired) electrons. The largest absolute Gasteiger partial charge is 0.337 e. The summed E-state index contributed by atoms with van der Waals surface area (Å²) in [4.78, 5) is 35.0. The summed E-state index contributed by atoms with van der Waals surface area (Å²) < 4.78 is 0. The molecule has 30 heavy (non-hydrogen) atoms. The molecule has 1 aromatic carbocycles. The van der Waals surface area contributed by atoms with E-state index in [1.165, 1.54) is 11.3 Å². The van der Waals surface area contributed by atoms with Crippen LogP contribution in [0.3, 0.4) is 0 Å². The topological polar surface area (TPSA) is 53.5 Å². The van der Waals surface area contributed by atoms with Crippen LogP contribution in [0.4, 0.5) is 0 Å².